The fraction of sp³-hybridized carbons (Fsp3) is 0.300. The molecule has 1 heterocycles. The third-order valence-corrected chi connectivity index (χ3v) is 4.75. The Balaban J connectivity index is 1.62. The lowest BCUT2D eigenvalue weighted by Gasteiger charge is -2.35. The van der Waals surface area contributed by atoms with Gasteiger partial charge in [0.1, 0.15) is 0 Å². The lowest BCUT2D eigenvalue weighted by atomic mass is 10.1. The number of nitrogens with one attached hydrogen (secondary N) is 1. The van der Waals surface area contributed by atoms with Gasteiger partial charge in [0.2, 0.25) is 0 Å². The number of hydrogen-bond acceptors (Lipinski definition) is 6. The molecule has 0 spiro atoms. The predicted octanol–water partition coefficient (Wildman–Crippen LogP) is 2.22. The molecule has 0 amide bonds. The Hall–Kier alpha value is -3.24. The minimum atomic E-state index is -0.983. The summed E-state index contributed by atoms with van der Waals surface area (Å²) in [5.74, 6) is -0.983. The van der Waals surface area contributed by atoms with Crippen LogP contribution in [0.25, 0.3) is 0 Å². The Morgan fingerprint density at radius 2 is 1.96 bits per heavy atom. The number of nitrogens with two attached hydrogens (primary N) is 1. The van der Waals surface area contributed by atoms with Crippen LogP contribution in [0.2, 0.25) is 0 Å². The van der Waals surface area contributed by atoms with Gasteiger partial charge >= 0.3 is 5.97 Å². The van der Waals surface area contributed by atoms with Crippen LogP contribution in [0.1, 0.15) is 15.9 Å². The normalized spacial score (nSPS) is 14.6. The molecule has 1 aliphatic heterocycles. The highest BCUT2D eigenvalue weighted by Crippen LogP contribution is 2.22. The first-order valence-corrected chi connectivity index (χ1v) is 8.86. The summed E-state index contributed by atoms with van der Waals surface area (Å²) in [6.07, 6.45) is 0. The Bertz CT molecular complexity index is 854. The van der Waals surface area contributed by atoms with Crippen molar-refractivity contribution in [3.63, 3.8) is 0 Å². The maximum Gasteiger partial charge on any atom is 0.335 e. The molecule has 7 heteroatoms. The number of nitrogen functional groups attached to an aromatic ring is 1. The smallest absolute Gasteiger partial charge is 0.335 e. The highest BCUT2D eigenvalue weighted by molar-refractivity contribution is 5.89. The zero-order valence-electron chi connectivity index (χ0n) is 15.1. The number of hydrogen-bond donors (Lipinski definition) is 3. The summed E-state index contributed by atoms with van der Waals surface area (Å²) in [4.78, 5) is 15.5. The molecule has 0 aromatic heterocycles. The van der Waals surface area contributed by atoms with Gasteiger partial charge in [0.25, 0.3) is 0 Å². The van der Waals surface area contributed by atoms with E-state index in [2.05, 4.69) is 33.3 Å². The van der Waals surface area contributed by atoms with Gasteiger partial charge in [0.15, 0.2) is 0 Å². The number of carboxylic acids is 1. The summed E-state index contributed by atoms with van der Waals surface area (Å²) in [5.41, 5.74) is 9.60. The number of carboxylic acid groups (broad SMARTS) is 1. The zero-order valence-corrected chi connectivity index (χ0v) is 15.1. The molecule has 1 fully saturated rings. The maximum atomic E-state index is 11.0. The molecule has 0 aliphatic carbocycles. The van der Waals surface area contributed by atoms with Crippen molar-refractivity contribution in [3.05, 3.63) is 53.6 Å². The van der Waals surface area contributed by atoms with Crippen LogP contribution in [0.4, 0.5) is 17.1 Å². The molecule has 0 atom stereocenters. The number of aromatic carboxylic acids is 1. The molecule has 1 aliphatic rings. The number of carbonyl (C=O) groups is 1. The number of piperazine rings is 1. The molecule has 2 aromatic carbocycles. The Kier molecular flexibility index (Phi) is 5.79. The average Bonchev–Trinajstić information content (AvgIpc) is 2.68. The molecule has 140 valence electrons. The molecular weight excluding hydrogens is 342 g/mol. The van der Waals surface area contributed by atoms with E-state index in [1.165, 1.54) is 6.07 Å². The van der Waals surface area contributed by atoms with Crippen molar-refractivity contribution in [1.82, 2.24) is 4.90 Å². The van der Waals surface area contributed by atoms with Crippen LogP contribution in [0.5, 0.6) is 0 Å². The number of rotatable bonds is 6. The third kappa shape index (κ3) is 4.68. The fourth-order valence-corrected chi connectivity index (χ4v) is 3.16. The van der Waals surface area contributed by atoms with Crippen molar-refractivity contribution >= 4 is 23.0 Å². The van der Waals surface area contributed by atoms with E-state index in [1.807, 2.05) is 12.1 Å². The van der Waals surface area contributed by atoms with Crippen molar-refractivity contribution in [2.45, 2.75) is 6.54 Å². The quantitative estimate of drug-likeness (QED) is 0.532. The standard InChI is InChI=1S/C20H23N5O2/c21-6-7-24-8-10-25(11-9-24)18-3-1-2-17(13-18)23-14-16-5-4-15(20(26)27)12-19(16)22/h1-5,12-13,23H,7-11,14,22H2,(H,26,27). The molecule has 0 radical (unpaired) electrons. The van der Waals surface area contributed by atoms with Crippen LogP contribution in [0.15, 0.2) is 42.5 Å². The summed E-state index contributed by atoms with van der Waals surface area (Å²) < 4.78 is 0. The molecule has 0 unspecified atom stereocenters. The molecule has 0 saturated carbocycles. The minimum Gasteiger partial charge on any atom is -0.478 e. The zero-order chi connectivity index (χ0) is 19.2. The average molecular weight is 365 g/mol. The lowest BCUT2D eigenvalue weighted by molar-refractivity contribution is 0.0697. The van der Waals surface area contributed by atoms with Crippen LogP contribution in [-0.4, -0.2) is 48.7 Å². The maximum absolute atomic E-state index is 11.0. The monoisotopic (exact) mass is 365 g/mol. The largest absolute Gasteiger partial charge is 0.478 e. The van der Waals surface area contributed by atoms with Crippen LogP contribution in [0.3, 0.4) is 0 Å². The molecule has 0 bridgehead atoms. The number of nitrogens with zero attached hydrogens (tertiary/aromatic N) is 3. The predicted molar refractivity (Wildman–Crippen MR) is 106 cm³/mol. The lowest BCUT2D eigenvalue weighted by Crippen LogP contribution is -2.46. The van der Waals surface area contributed by atoms with Crippen molar-refractivity contribution in [3.8, 4) is 6.07 Å². The van der Waals surface area contributed by atoms with Crippen LogP contribution in [-0.2, 0) is 6.54 Å². The van der Waals surface area contributed by atoms with E-state index >= 15 is 0 Å². The second-order valence-corrected chi connectivity index (χ2v) is 6.54. The summed E-state index contributed by atoms with van der Waals surface area (Å²) in [6, 6.07) is 15.2. The van der Waals surface area contributed by atoms with Gasteiger partial charge in [0.05, 0.1) is 18.2 Å². The van der Waals surface area contributed by atoms with Gasteiger partial charge in [-0.15, -0.1) is 0 Å². The van der Waals surface area contributed by atoms with Crippen molar-refractivity contribution in [1.29, 1.82) is 5.26 Å². The Labute approximate surface area is 158 Å². The van der Waals surface area contributed by atoms with Gasteiger partial charge in [-0.2, -0.15) is 5.26 Å². The van der Waals surface area contributed by atoms with Crippen molar-refractivity contribution < 1.29 is 9.90 Å². The first kappa shape index (κ1) is 18.5. The van der Waals surface area contributed by atoms with Gasteiger partial charge in [-0.25, -0.2) is 4.79 Å². The summed E-state index contributed by atoms with van der Waals surface area (Å²) in [6.45, 7) is 4.57. The number of nitriles is 1. The van der Waals surface area contributed by atoms with E-state index in [-0.39, 0.29) is 5.56 Å². The topological polar surface area (TPSA) is 106 Å². The van der Waals surface area contributed by atoms with Gasteiger partial charge in [-0.3, -0.25) is 4.90 Å². The van der Waals surface area contributed by atoms with Crippen molar-refractivity contribution in [2.75, 3.05) is 48.7 Å². The highest BCUT2D eigenvalue weighted by atomic mass is 16.4. The number of anilines is 3. The number of benzene rings is 2. The molecule has 27 heavy (non-hydrogen) atoms. The first-order chi connectivity index (χ1) is 13.1. The third-order valence-electron chi connectivity index (χ3n) is 4.75. The van der Waals surface area contributed by atoms with Crippen LogP contribution >= 0.6 is 0 Å². The highest BCUT2D eigenvalue weighted by Gasteiger charge is 2.17. The minimum absolute atomic E-state index is 0.189. The van der Waals surface area contributed by atoms with Crippen molar-refractivity contribution in [2.24, 2.45) is 0 Å². The summed E-state index contributed by atoms with van der Waals surface area (Å²) in [7, 11) is 0. The SMILES string of the molecule is N#CCN1CCN(c2cccc(NCc3ccc(C(=O)O)cc3N)c2)CC1. The van der Waals surface area contributed by atoms with Gasteiger partial charge < -0.3 is 21.1 Å². The first-order valence-electron chi connectivity index (χ1n) is 8.86. The van der Waals surface area contributed by atoms with E-state index in [4.69, 9.17) is 16.1 Å². The van der Waals surface area contributed by atoms with E-state index in [9.17, 15) is 4.79 Å². The molecule has 2 aromatic rings. The fourth-order valence-electron chi connectivity index (χ4n) is 3.16. The van der Waals surface area contributed by atoms with E-state index in [1.54, 1.807) is 12.1 Å². The van der Waals surface area contributed by atoms with E-state index < -0.39 is 5.97 Å². The van der Waals surface area contributed by atoms with Gasteiger partial charge in [-0.1, -0.05) is 12.1 Å². The van der Waals surface area contributed by atoms with E-state index in [0.29, 0.717) is 18.8 Å². The Morgan fingerprint density at radius 1 is 1.19 bits per heavy atom. The molecule has 4 N–H and O–H groups in total. The van der Waals surface area contributed by atoms with Gasteiger partial charge in [0, 0.05) is 49.8 Å². The molecule has 7 nitrogen and oxygen atoms in total. The van der Waals surface area contributed by atoms with Crippen LogP contribution < -0.4 is 16.0 Å². The van der Waals surface area contributed by atoms with Gasteiger partial charge in [-0.05, 0) is 35.9 Å². The molecule has 3 rings (SSSR count). The molecular formula is C20H23N5O2. The van der Waals surface area contributed by atoms with E-state index in [0.717, 1.165) is 43.1 Å². The molecule has 1 saturated heterocycles. The van der Waals surface area contributed by atoms with Crippen LogP contribution in [0, 0.1) is 11.3 Å². The summed E-state index contributed by atoms with van der Waals surface area (Å²) >= 11 is 0. The second kappa shape index (κ2) is 8.43. The Morgan fingerprint density at radius 3 is 2.63 bits per heavy atom. The summed E-state index contributed by atoms with van der Waals surface area (Å²) in [5, 5.41) is 21.2. The second-order valence-electron chi connectivity index (χ2n) is 6.54.